The Morgan fingerprint density at radius 1 is 1.18 bits per heavy atom. The molecule has 0 bridgehead atoms. The first-order valence-corrected chi connectivity index (χ1v) is 9.45. The van der Waals surface area contributed by atoms with Gasteiger partial charge in [0, 0.05) is 24.8 Å². The molecule has 0 N–H and O–H groups in total. The van der Waals surface area contributed by atoms with Gasteiger partial charge in [-0.2, -0.15) is 4.73 Å². The Hall–Kier alpha value is -2.22. The molecular weight excluding hydrogens is 409 g/mol. The van der Waals surface area contributed by atoms with Crippen molar-refractivity contribution in [1.29, 1.82) is 0 Å². The minimum Gasteiger partial charge on any atom is -0.619 e. The summed E-state index contributed by atoms with van der Waals surface area (Å²) in [5.41, 5.74) is 0.717. The number of Topliss-reactive ketones (excluding diaryl/α,β-unsaturated/α-hetero) is 1. The molecule has 28 heavy (non-hydrogen) atoms. The summed E-state index contributed by atoms with van der Waals surface area (Å²) in [5.74, 6) is 0.101. The highest BCUT2D eigenvalue weighted by Crippen LogP contribution is 2.51. The van der Waals surface area contributed by atoms with Crippen molar-refractivity contribution in [1.82, 2.24) is 0 Å². The average molecular weight is 426 g/mol. The Morgan fingerprint density at radius 3 is 2.46 bits per heavy atom. The van der Waals surface area contributed by atoms with Gasteiger partial charge in [-0.15, -0.1) is 0 Å². The third kappa shape index (κ3) is 3.34. The highest BCUT2D eigenvalue weighted by atomic mass is 35.5. The molecule has 9 heteroatoms. The van der Waals surface area contributed by atoms with Gasteiger partial charge >= 0.3 is 0 Å². The quantitative estimate of drug-likeness (QED) is 0.424. The molecular formula is C19H17Cl2NO6. The first kappa shape index (κ1) is 19.1. The van der Waals surface area contributed by atoms with Crippen molar-refractivity contribution in [2.24, 2.45) is 0 Å². The van der Waals surface area contributed by atoms with Gasteiger partial charge in [0.15, 0.2) is 29.7 Å². The lowest BCUT2D eigenvalue weighted by Gasteiger charge is -2.31. The SMILES string of the molecule is COc1ccc(C(=O)Cc2c(Cl)c[n+]([O-])cc2Cl)c2c1OC1(CCOCC1)O2. The van der Waals surface area contributed by atoms with Crippen molar-refractivity contribution in [3.05, 3.63) is 50.9 Å². The van der Waals surface area contributed by atoms with E-state index in [1.165, 1.54) is 7.11 Å². The molecule has 2 aliphatic heterocycles. The van der Waals surface area contributed by atoms with Crippen LogP contribution in [-0.2, 0) is 11.2 Å². The van der Waals surface area contributed by atoms with Crippen LogP contribution in [0.15, 0.2) is 24.5 Å². The van der Waals surface area contributed by atoms with Crippen LogP contribution in [0.25, 0.3) is 0 Å². The molecule has 0 saturated carbocycles. The summed E-state index contributed by atoms with van der Waals surface area (Å²) in [4.78, 5) is 13.0. The van der Waals surface area contributed by atoms with Crippen LogP contribution >= 0.6 is 23.2 Å². The number of pyridine rings is 1. The number of methoxy groups -OCH3 is 1. The van der Waals surface area contributed by atoms with Gasteiger partial charge in [0.2, 0.25) is 5.75 Å². The minimum absolute atomic E-state index is 0.0866. The molecule has 0 aliphatic carbocycles. The van der Waals surface area contributed by atoms with E-state index in [9.17, 15) is 10.0 Å². The van der Waals surface area contributed by atoms with Gasteiger partial charge in [-0.25, -0.2) is 0 Å². The lowest BCUT2D eigenvalue weighted by molar-refractivity contribution is -0.605. The zero-order valence-corrected chi connectivity index (χ0v) is 16.5. The van der Waals surface area contributed by atoms with Crippen molar-refractivity contribution in [3.63, 3.8) is 0 Å². The molecule has 2 aromatic rings. The summed E-state index contributed by atoms with van der Waals surface area (Å²) in [7, 11) is 1.52. The van der Waals surface area contributed by atoms with Crippen LogP contribution < -0.4 is 18.9 Å². The average Bonchev–Trinajstić information content (AvgIpc) is 3.02. The summed E-state index contributed by atoms with van der Waals surface area (Å²) in [6.45, 7) is 1.01. The van der Waals surface area contributed by atoms with E-state index in [1.54, 1.807) is 12.1 Å². The second-order valence-corrected chi connectivity index (χ2v) is 7.41. The third-order valence-electron chi connectivity index (χ3n) is 4.82. The van der Waals surface area contributed by atoms with Crippen molar-refractivity contribution in [2.75, 3.05) is 20.3 Å². The van der Waals surface area contributed by atoms with Gasteiger partial charge in [-0.1, -0.05) is 23.2 Å². The fourth-order valence-corrected chi connectivity index (χ4v) is 3.94. The van der Waals surface area contributed by atoms with Gasteiger partial charge in [-0.05, 0) is 12.1 Å². The van der Waals surface area contributed by atoms with Crippen LogP contribution in [0.3, 0.4) is 0 Å². The number of hydrogen-bond acceptors (Lipinski definition) is 6. The van der Waals surface area contributed by atoms with E-state index in [0.29, 0.717) is 59.2 Å². The number of halogens is 2. The van der Waals surface area contributed by atoms with E-state index >= 15 is 0 Å². The zero-order chi connectivity index (χ0) is 19.9. The molecule has 1 aromatic carbocycles. The van der Waals surface area contributed by atoms with E-state index in [4.69, 9.17) is 42.1 Å². The first-order chi connectivity index (χ1) is 13.4. The van der Waals surface area contributed by atoms with E-state index in [2.05, 4.69) is 0 Å². The van der Waals surface area contributed by atoms with Crippen molar-refractivity contribution >= 4 is 29.0 Å². The number of hydrogen-bond donors (Lipinski definition) is 0. The molecule has 7 nitrogen and oxygen atoms in total. The maximum absolute atomic E-state index is 13.0. The van der Waals surface area contributed by atoms with Gasteiger partial charge < -0.3 is 24.2 Å². The number of aromatic nitrogens is 1. The molecule has 1 saturated heterocycles. The van der Waals surface area contributed by atoms with E-state index in [0.717, 1.165) is 12.4 Å². The molecule has 0 amide bonds. The van der Waals surface area contributed by atoms with E-state index in [-0.39, 0.29) is 22.2 Å². The van der Waals surface area contributed by atoms with Crippen LogP contribution in [0.2, 0.25) is 10.0 Å². The largest absolute Gasteiger partial charge is 0.619 e. The number of benzene rings is 1. The molecule has 1 spiro atoms. The highest BCUT2D eigenvalue weighted by molar-refractivity contribution is 6.36. The smallest absolute Gasteiger partial charge is 0.256 e. The number of carbonyl (C=O) groups is 1. The number of ether oxygens (including phenoxy) is 4. The van der Waals surface area contributed by atoms with Gasteiger partial charge in [0.05, 0.1) is 25.9 Å². The summed E-state index contributed by atoms with van der Waals surface area (Å²) < 4.78 is 23.5. The molecule has 0 radical (unpaired) electrons. The van der Waals surface area contributed by atoms with Crippen LogP contribution in [0.1, 0.15) is 28.8 Å². The number of rotatable bonds is 4. The third-order valence-corrected chi connectivity index (χ3v) is 5.47. The van der Waals surface area contributed by atoms with Crippen LogP contribution in [-0.4, -0.2) is 31.9 Å². The van der Waals surface area contributed by atoms with Gasteiger partial charge in [-0.3, -0.25) is 4.79 Å². The molecule has 148 valence electrons. The second kappa shape index (κ2) is 7.31. The van der Waals surface area contributed by atoms with Crippen molar-refractivity contribution < 1.29 is 28.5 Å². The fourth-order valence-electron chi connectivity index (χ4n) is 3.36. The predicted octanol–water partition coefficient (Wildman–Crippen LogP) is 3.34. The van der Waals surface area contributed by atoms with Crippen LogP contribution in [0.5, 0.6) is 17.2 Å². The monoisotopic (exact) mass is 425 g/mol. The molecule has 3 heterocycles. The Labute approximate surface area is 171 Å². The summed E-state index contributed by atoms with van der Waals surface area (Å²) >= 11 is 12.2. The summed E-state index contributed by atoms with van der Waals surface area (Å²) in [6, 6.07) is 3.29. The lowest BCUT2D eigenvalue weighted by Crippen LogP contribution is -2.44. The van der Waals surface area contributed by atoms with Crippen LogP contribution in [0.4, 0.5) is 0 Å². The van der Waals surface area contributed by atoms with E-state index in [1.807, 2.05) is 0 Å². The molecule has 0 atom stereocenters. The molecule has 1 fully saturated rings. The number of ketones is 1. The second-order valence-electron chi connectivity index (χ2n) is 6.59. The number of nitrogens with zero attached hydrogens (tertiary/aromatic N) is 1. The Kier molecular flexibility index (Phi) is 4.99. The number of carbonyl (C=O) groups excluding carboxylic acids is 1. The number of fused-ring (bicyclic) bond motifs is 1. The molecule has 0 unspecified atom stereocenters. The highest BCUT2D eigenvalue weighted by Gasteiger charge is 2.46. The Bertz CT molecular complexity index is 919. The van der Waals surface area contributed by atoms with Crippen molar-refractivity contribution in [3.8, 4) is 17.2 Å². The maximum atomic E-state index is 13.0. The topological polar surface area (TPSA) is 80.9 Å². The van der Waals surface area contributed by atoms with Gasteiger partial charge in [0.25, 0.3) is 5.79 Å². The normalized spacial score (nSPS) is 17.0. The lowest BCUT2D eigenvalue weighted by atomic mass is 10.0. The first-order valence-electron chi connectivity index (χ1n) is 8.69. The standard InChI is InChI=1S/C19H17Cl2NO6/c1-25-16-3-2-11(15(23)8-12-13(20)9-22(24)10-14(12)21)17-18(16)28-19(27-17)4-6-26-7-5-19/h2-3,9-10H,4-8H2,1H3. The summed E-state index contributed by atoms with van der Waals surface area (Å²) in [5, 5.41) is 11.7. The van der Waals surface area contributed by atoms with Crippen molar-refractivity contribution in [2.45, 2.75) is 25.0 Å². The molecule has 4 rings (SSSR count). The Balaban J connectivity index is 1.68. The van der Waals surface area contributed by atoms with E-state index < -0.39 is 5.79 Å². The summed E-state index contributed by atoms with van der Waals surface area (Å²) in [6.07, 6.45) is 3.31. The van der Waals surface area contributed by atoms with Gasteiger partial charge in [0.1, 0.15) is 10.0 Å². The predicted molar refractivity (Wildman–Crippen MR) is 100 cm³/mol. The molecule has 2 aliphatic rings. The Morgan fingerprint density at radius 2 is 1.82 bits per heavy atom. The minimum atomic E-state index is -0.861. The zero-order valence-electron chi connectivity index (χ0n) is 15.0. The molecule has 1 aromatic heterocycles. The maximum Gasteiger partial charge on any atom is 0.256 e. The fraction of sp³-hybridized carbons (Fsp3) is 0.368. The van der Waals surface area contributed by atoms with Crippen LogP contribution in [0, 0.1) is 5.21 Å².